The summed E-state index contributed by atoms with van der Waals surface area (Å²) in [6.45, 7) is 4.30. The smallest absolute Gasteiger partial charge is 0.238 e. The maximum absolute atomic E-state index is 12.7. The first-order chi connectivity index (χ1) is 15.1. The maximum Gasteiger partial charge on any atom is 0.238 e. The van der Waals surface area contributed by atoms with E-state index in [-0.39, 0.29) is 16.7 Å². The molecule has 9 heteroatoms. The van der Waals surface area contributed by atoms with E-state index in [9.17, 15) is 13.2 Å². The number of aryl methyl sites for hydroxylation is 2. The first kappa shape index (κ1) is 22.3. The Balaban J connectivity index is 1.57. The summed E-state index contributed by atoms with van der Waals surface area (Å²) in [7, 11) is -3.79. The van der Waals surface area contributed by atoms with Crippen LogP contribution in [0.25, 0.3) is 0 Å². The van der Waals surface area contributed by atoms with Crippen LogP contribution in [0.15, 0.2) is 59.8 Å². The van der Waals surface area contributed by atoms with Crippen LogP contribution in [-0.4, -0.2) is 25.9 Å². The van der Waals surface area contributed by atoms with E-state index in [2.05, 4.69) is 4.98 Å². The molecular formula is C23H22ClN3O4S. The molecule has 2 aromatic carbocycles. The minimum Gasteiger partial charge on any atom is -0.455 e. The van der Waals surface area contributed by atoms with Gasteiger partial charge < -0.3 is 9.64 Å². The summed E-state index contributed by atoms with van der Waals surface area (Å²) >= 11 is 6.39. The minimum atomic E-state index is -3.79. The van der Waals surface area contributed by atoms with Crippen LogP contribution in [0.5, 0.6) is 11.5 Å². The van der Waals surface area contributed by atoms with Gasteiger partial charge in [0.1, 0.15) is 11.5 Å². The summed E-state index contributed by atoms with van der Waals surface area (Å²) in [5.41, 5.74) is 3.36. The Bertz CT molecular complexity index is 1270. The molecule has 0 bridgehead atoms. The Morgan fingerprint density at radius 2 is 1.75 bits per heavy atom. The van der Waals surface area contributed by atoms with Crippen molar-refractivity contribution in [3.63, 3.8) is 0 Å². The molecule has 0 spiro atoms. The highest BCUT2D eigenvalue weighted by atomic mass is 35.5. The average Bonchev–Trinajstić information content (AvgIpc) is 3.13. The number of aromatic nitrogens is 1. The van der Waals surface area contributed by atoms with E-state index in [1.165, 1.54) is 12.1 Å². The number of benzene rings is 2. The van der Waals surface area contributed by atoms with Gasteiger partial charge in [-0.05, 0) is 55.8 Å². The molecule has 3 aromatic rings. The van der Waals surface area contributed by atoms with Crippen molar-refractivity contribution in [3.05, 3.63) is 76.6 Å². The van der Waals surface area contributed by atoms with E-state index in [1.54, 1.807) is 35.5 Å². The van der Waals surface area contributed by atoms with Gasteiger partial charge in [0.05, 0.1) is 9.92 Å². The predicted molar refractivity (Wildman–Crippen MR) is 123 cm³/mol. The second-order valence-electron chi connectivity index (χ2n) is 7.84. The fourth-order valence-electron chi connectivity index (χ4n) is 3.81. The molecule has 0 radical (unpaired) electrons. The second kappa shape index (κ2) is 8.54. The fraction of sp³-hybridized carbons (Fsp3) is 0.217. The number of primary sulfonamides is 1. The number of nitrogens with zero attached hydrogens (tertiary/aromatic N) is 2. The van der Waals surface area contributed by atoms with Crippen molar-refractivity contribution in [3.8, 4) is 11.5 Å². The van der Waals surface area contributed by atoms with Gasteiger partial charge in [-0.25, -0.2) is 13.6 Å². The third-order valence-electron chi connectivity index (χ3n) is 5.49. The first-order valence-corrected chi connectivity index (χ1v) is 11.9. The number of carbonyl (C=O) groups is 1. The molecule has 1 aliphatic heterocycles. The van der Waals surface area contributed by atoms with Gasteiger partial charge in [-0.1, -0.05) is 17.7 Å². The van der Waals surface area contributed by atoms with Crippen LogP contribution in [0, 0.1) is 13.8 Å². The van der Waals surface area contributed by atoms with Crippen LogP contribution in [0.4, 0.5) is 5.69 Å². The number of pyridine rings is 1. The normalized spacial score (nSPS) is 16.4. The zero-order chi connectivity index (χ0) is 23.0. The number of sulfonamides is 1. The quantitative estimate of drug-likeness (QED) is 0.597. The highest BCUT2D eigenvalue weighted by molar-refractivity contribution is 7.89. The number of nitrogens with two attached hydrogens (primary N) is 1. The zero-order valence-corrected chi connectivity index (χ0v) is 19.2. The van der Waals surface area contributed by atoms with Gasteiger partial charge >= 0.3 is 0 Å². The summed E-state index contributed by atoms with van der Waals surface area (Å²) in [5, 5.41) is 5.63. The van der Waals surface area contributed by atoms with Crippen LogP contribution in [0.1, 0.15) is 29.0 Å². The van der Waals surface area contributed by atoms with E-state index in [4.69, 9.17) is 21.5 Å². The van der Waals surface area contributed by atoms with Crippen molar-refractivity contribution in [1.82, 2.24) is 4.98 Å². The molecule has 1 amide bonds. The van der Waals surface area contributed by atoms with E-state index in [0.717, 1.165) is 16.7 Å². The standard InChI is InChI=1S/C23H22ClN3O4S/c1-14-11-26-12-15(2)23(14)31-21-9-16(3-8-20(21)24)17-10-22(28)27(13-17)18-4-6-19(7-5-18)32(25,29)30/h3-9,11-12,17H,10,13H2,1-2H3,(H2,25,29,30)/t17-/m0/s1. The number of hydrogen-bond donors (Lipinski definition) is 1. The van der Waals surface area contributed by atoms with Crippen molar-refractivity contribution >= 4 is 33.2 Å². The van der Waals surface area contributed by atoms with E-state index in [1.807, 2.05) is 26.0 Å². The molecule has 0 aliphatic carbocycles. The number of anilines is 1. The Morgan fingerprint density at radius 3 is 2.38 bits per heavy atom. The Kier molecular flexibility index (Phi) is 5.94. The number of hydrogen-bond acceptors (Lipinski definition) is 5. The molecule has 0 saturated carbocycles. The molecule has 1 fully saturated rings. The molecule has 2 heterocycles. The zero-order valence-electron chi connectivity index (χ0n) is 17.6. The summed E-state index contributed by atoms with van der Waals surface area (Å²) < 4.78 is 29.1. The van der Waals surface area contributed by atoms with Gasteiger partial charge in [-0.15, -0.1) is 0 Å². The van der Waals surface area contributed by atoms with Crippen molar-refractivity contribution in [2.45, 2.75) is 31.1 Å². The lowest BCUT2D eigenvalue weighted by atomic mass is 9.98. The van der Waals surface area contributed by atoms with Crippen LogP contribution in [0.3, 0.4) is 0 Å². The fourth-order valence-corrected chi connectivity index (χ4v) is 4.48. The van der Waals surface area contributed by atoms with Crippen molar-refractivity contribution in [2.75, 3.05) is 11.4 Å². The molecule has 1 atom stereocenters. The molecule has 32 heavy (non-hydrogen) atoms. The van der Waals surface area contributed by atoms with Gasteiger partial charge in [-0.3, -0.25) is 9.78 Å². The first-order valence-electron chi connectivity index (χ1n) is 9.95. The van der Waals surface area contributed by atoms with Gasteiger partial charge in [0.15, 0.2) is 0 Å². The summed E-state index contributed by atoms with van der Waals surface area (Å²) in [5.74, 6) is 1.12. The number of halogens is 1. The van der Waals surface area contributed by atoms with Gasteiger partial charge in [0.2, 0.25) is 15.9 Å². The Labute approximate surface area is 191 Å². The molecule has 1 aromatic heterocycles. The molecule has 4 rings (SSSR count). The molecule has 2 N–H and O–H groups in total. The van der Waals surface area contributed by atoms with Crippen molar-refractivity contribution < 1.29 is 17.9 Å². The van der Waals surface area contributed by atoms with Crippen LogP contribution >= 0.6 is 11.6 Å². The maximum atomic E-state index is 12.7. The minimum absolute atomic E-state index is 0.00522. The summed E-state index contributed by atoms with van der Waals surface area (Å²) in [6, 6.07) is 11.5. The molecule has 7 nitrogen and oxygen atoms in total. The lowest BCUT2D eigenvalue weighted by Gasteiger charge is -2.18. The van der Waals surface area contributed by atoms with E-state index in [0.29, 0.717) is 35.2 Å². The van der Waals surface area contributed by atoms with E-state index >= 15 is 0 Å². The van der Waals surface area contributed by atoms with Gasteiger partial charge in [-0.2, -0.15) is 0 Å². The van der Waals surface area contributed by atoms with Crippen LogP contribution in [0.2, 0.25) is 5.02 Å². The topological polar surface area (TPSA) is 103 Å². The molecule has 1 saturated heterocycles. The second-order valence-corrected chi connectivity index (χ2v) is 9.81. The van der Waals surface area contributed by atoms with Gasteiger partial charge in [0, 0.05) is 48.1 Å². The third kappa shape index (κ3) is 4.48. The number of amides is 1. The predicted octanol–water partition coefficient (Wildman–Crippen LogP) is 4.31. The molecule has 0 unspecified atom stereocenters. The lowest BCUT2D eigenvalue weighted by Crippen LogP contribution is -2.24. The SMILES string of the molecule is Cc1cncc(C)c1Oc1cc([C@H]2CC(=O)N(c3ccc(S(N)(=O)=O)cc3)C2)ccc1Cl. The average molecular weight is 472 g/mol. The number of rotatable bonds is 5. The number of carbonyl (C=O) groups excluding carboxylic acids is 1. The molecular weight excluding hydrogens is 450 g/mol. The summed E-state index contributed by atoms with van der Waals surface area (Å²) in [6.07, 6.45) is 3.79. The Morgan fingerprint density at radius 1 is 1.09 bits per heavy atom. The van der Waals surface area contributed by atoms with Gasteiger partial charge in [0.25, 0.3) is 0 Å². The summed E-state index contributed by atoms with van der Waals surface area (Å²) in [4.78, 5) is 18.5. The monoisotopic (exact) mass is 471 g/mol. The van der Waals surface area contributed by atoms with Crippen LogP contribution in [-0.2, 0) is 14.8 Å². The van der Waals surface area contributed by atoms with Crippen molar-refractivity contribution in [1.29, 1.82) is 0 Å². The highest BCUT2D eigenvalue weighted by Gasteiger charge is 2.32. The van der Waals surface area contributed by atoms with Crippen molar-refractivity contribution in [2.24, 2.45) is 5.14 Å². The largest absolute Gasteiger partial charge is 0.455 e. The molecule has 1 aliphatic rings. The Hall–Kier alpha value is -2.94. The van der Waals surface area contributed by atoms with E-state index < -0.39 is 10.0 Å². The number of ether oxygens (including phenoxy) is 1. The third-order valence-corrected chi connectivity index (χ3v) is 6.73. The lowest BCUT2D eigenvalue weighted by molar-refractivity contribution is -0.117. The van der Waals surface area contributed by atoms with Crippen LogP contribution < -0.4 is 14.8 Å². The molecule has 166 valence electrons. The highest BCUT2D eigenvalue weighted by Crippen LogP contribution is 2.38.